The fraction of sp³-hybridized carbons (Fsp3) is 0.240. The molecular formula is C50H50N6O6S2. The van der Waals surface area contributed by atoms with E-state index in [0.717, 1.165) is 76.3 Å². The second-order valence-electron chi connectivity index (χ2n) is 15.9. The van der Waals surface area contributed by atoms with Gasteiger partial charge in [0.15, 0.2) is 0 Å². The van der Waals surface area contributed by atoms with Crippen molar-refractivity contribution in [1.29, 1.82) is 0 Å². The number of H-pyrrole nitrogens is 1. The number of carbonyl (C=O) groups excluding carboxylic acids is 2. The molecule has 8 N–H and O–H groups in total. The lowest BCUT2D eigenvalue weighted by Crippen LogP contribution is -2.23. The molecule has 0 aliphatic carbocycles. The number of pyridine rings is 2. The van der Waals surface area contributed by atoms with E-state index in [1.54, 1.807) is 19.2 Å². The molecule has 5 aromatic carbocycles. The van der Waals surface area contributed by atoms with Gasteiger partial charge >= 0.3 is 0 Å². The zero-order chi connectivity index (χ0) is 44.8. The molecule has 1 atom stereocenters. The van der Waals surface area contributed by atoms with Gasteiger partial charge in [-0.25, -0.2) is 0 Å². The first kappa shape index (κ1) is 44.3. The molecule has 1 fully saturated rings. The van der Waals surface area contributed by atoms with E-state index in [-0.39, 0.29) is 26.9 Å². The Bertz CT molecular complexity index is 2900. The first-order valence-corrected chi connectivity index (χ1v) is 23.1. The van der Waals surface area contributed by atoms with Crippen LogP contribution in [0.15, 0.2) is 120 Å². The Balaban J connectivity index is 0.884. The number of aryl methyl sites for hydroxylation is 1. The highest BCUT2D eigenvalue weighted by atomic mass is 32.2. The number of nitrogens with zero attached hydrogens (tertiary/aromatic N) is 1. The Morgan fingerprint density at radius 1 is 0.906 bits per heavy atom. The fourth-order valence-corrected chi connectivity index (χ4v) is 11.7. The number of phenolic OH excluding ortho intramolecular Hbond substituents is 1. The number of ether oxygens (including phenoxy) is 1. The molecule has 0 saturated carbocycles. The number of aliphatic hydroxyl groups is 1. The zero-order valence-electron chi connectivity index (χ0n) is 35.6. The molecular weight excluding hydrogens is 845 g/mol. The number of primary amides is 1. The number of benzene rings is 5. The molecule has 0 bridgehead atoms. The minimum absolute atomic E-state index is 0.0309. The third-order valence-electron chi connectivity index (χ3n) is 11.5. The van der Waals surface area contributed by atoms with Gasteiger partial charge in [-0.05, 0) is 122 Å². The normalized spacial score (nSPS) is 13.8. The Labute approximate surface area is 379 Å². The van der Waals surface area contributed by atoms with Crippen molar-refractivity contribution in [2.45, 2.75) is 42.8 Å². The number of phenols is 1. The summed E-state index contributed by atoms with van der Waals surface area (Å²) < 4.78 is 5.34. The summed E-state index contributed by atoms with van der Waals surface area (Å²) in [5.41, 5.74) is 14.2. The van der Waals surface area contributed by atoms with Crippen molar-refractivity contribution in [2.24, 2.45) is 5.73 Å². The van der Waals surface area contributed by atoms with Gasteiger partial charge in [0.1, 0.15) is 11.5 Å². The van der Waals surface area contributed by atoms with Crippen LogP contribution < -0.4 is 32.0 Å². The molecule has 8 rings (SSSR count). The number of fused-ring (bicyclic) bond motifs is 2. The third kappa shape index (κ3) is 9.90. The number of hydrogen-bond donors (Lipinski definition) is 7. The summed E-state index contributed by atoms with van der Waals surface area (Å²) in [5, 5.41) is 32.4. The minimum Gasteiger partial charge on any atom is -0.506 e. The molecule has 0 spiro atoms. The number of unbranched alkanes of at least 4 members (excludes halogenated alkanes) is 1. The lowest BCUT2D eigenvalue weighted by atomic mass is 9.97. The van der Waals surface area contributed by atoms with E-state index in [9.17, 15) is 24.6 Å². The standard InChI is InChI=1S/C50H50N6O6S2/c1-30-23-32(26-40-45(30)53-28-41(48(51)60)46(40)54-36-9-6-10-37(27-36)62-2)24-31-7-5-8-33(25-31)49(61)55-35-13-11-34(12-14-35)50(63-21-22-64-50)19-3-4-20-52-29-43(58)38-15-17-42(57)47-39(38)16-18-44(59)56-47/h5-18,23,25-28,43,52,57-58H,3-4,19-22,24,29H2,1-2H3,(H2,51,60)(H,53,54)(H,55,61)(H,56,59)/t43-/m0/s1. The zero-order valence-corrected chi connectivity index (χ0v) is 37.2. The number of methoxy groups -OCH3 is 1. The van der Waals surface area contributed by atoms with E-state index in [1.807, 2.05) is 97.2 Å². The number of aromatic amines is 1. The number of aromatic hydroxyl groups is 1. The second kappa shape index (κ2) is 19.6. The molecule has 64 heavy (non-hydrogen) atoms. The van der Waals surface area contributed by atoms with Crippen LogP contribution in [0.2, 0.25) is 0 Å². The lowest BCUT2D eigenvalue weighted by Gasteiger charge is -2.28. The predicted octanol–water partition coefficient (Wildman–Crippen LogP) is 8.91. The van der Waals surface area contributed by atoms with Crippen molar-refractivity contribution < 1.29 is 24.5 Å². The van der Waals surface area contributed by atoms with E-state index in [1.165, 1.54) is 23.9 Å². The predicted molar refractivity (Wildman–Crippen MR) is 259 cm³/mol. The maximum Gasteiger partial charge on any atom is 0.255 e. The number of nitrogens with one attached hydrogen (secondary N) is 4. The maximum absolute atomic E-state index is 13.6. The third-order valence-corrected chi connectivity index (χ3v) is 15.1. The van der Waals surface area contributed by atoms with Crippen LogP contribution in [0.4, 0.5) is 17.1 Å². The fourth-order valence-electron chi connectivity index (χ4n) is 8.31. The Morgan fingerprint density at radius 2 is 1.70 bits per heavy atom. The molecule has 14 heteroatoms. The van der Waals surface area contributed by atoms with E-state index < -0.39 is 12.0 Å². The van der Waals surface area contributed by atoms with Crippen LogP contribution >= 0.6 is 23.5 Å². The van der Waals surface area contributed by atoms with Crippen molar-refractivity contribution in [1.82, 2.24) is 15.3 Å². The first-order valence-electron chi connectivity index (χ1n) is 21.2. The van der Waals surface area contributed by atoms with Gasteiger partial charge in [-0.3, -0.25) is 19.4 Å². The molecule has 3 heterocycles. The molecule has 328 valence electrons. The highest BCUT2D eigenvalue weighted by Crippen LogP contribution is 2.55. The topological polar surface area (TPSA) is 192 Å². The van der Waals surface area contributed by atoms with Crippen molar-refractivity contribution >= 4 is 74.2 Å². The van der Waals surface area contributed by atoms with Gasteiger partial charge in [0.2, 0.25) is 5.56 Å². The van der Waals surface area contributed by atoms with Crippen LogP contribution in [0.1, 0.15) is 73.9 Å². The highest BCUT2D eigenvalue weighted by molar-refractivity contribution is 8.20. The van der Waals surface area contributed by atoms with Crippen molar-refractivity contribution in [3.05, 3.63) is 165 Å². The van der Waals surface area contributed by atoms with Crippen molar-refractivity contribution in [3.8, 4) is 11.5 Å². The smallest absolute Gasteiger partial charge is 0.255 e. The van der Waals surface area contributed by atoms with E-state index in [4.69, 9.17) is 10.5 Å². The molecule has 7 aromatic rings. The lowest BCUT2D eigenvalue weighted by molar-refractivity contribution is 0.0998. The van der Waals surface area contributed by atoms with Crippen molar-refractivity contribution in [2.75, 3.05) is 42.3 Å². The molecule has 1 saturated heterocycles. The Morgan fingerprint density at radius 3 is 2.48 bits per heavy atom. The van der Waals surface area contributed by atoms with E-state index >= 15 is 0 Å². The first-order chi connectivity index (χ1) is 31.0. The van der Waals surface area contributed by atoms with Crippen LogP contribution in [0.25, 0.3) is 21.8 Å². The number of amides is 2. The summed E-state index contributed by atoms with van der Waals surface area (Å²) in [5.74, 6) is 1.99. The molecule has 2 amide bonds. The van der Waals surface area contributed by atoms with Crippen LogP contribution in [0, 0.1) is 6.92 Å². The van der Waals surface area contributed by atoms with Gasteiger partial charge in [-0.1, -0.05) is 42.5 Å². The van der Waals surface area contributed by atoms with Crippen molar-refractivity contribution in [3.63, 3.8) is 0 Å². The molecule has 0 unspecified atom stereocenters. The van der Waals surface area contributed by atoms with Gasteiger partial charge in [0, 0.05) is 64.1 Å². The second-order valence-corrected chi connectivity index (χ2v) is 18.9. The summed E-state index contributed by atoms with van der Waals surface area (Å²) >= 11 is 3.95. The largest absolute Gasteiger partial charge is 0.506 e. The van der Waals surface area contributed by atoms with Gasteiger partial charge < -0.3 is 41.6 Å². The monoisotopic (exact) mass is 894 g/mol. The average molecular weight is 895 g/mol. The molecule has 12 nitrogen and oxygen atoms in total. The van der Waals surface area contributed by atoms with Crippen LogP contribution in [0.5, 0.6) is 11.5 Å². The van der Waals surface area contributed by atoms with E-state index in [2.05, 4.69) is 44.1 Å². The summed E-state index contributed by atoms with van der Waals surface area (Å²) in [4.78, 5) is 45.2. The molecule has 0 radical (unpaired) electrons. The van der Waals surface area contributed by atoms with Crippen LogP contribution in [0.3, 0.4) is 0 Å². The van der Waals surface area contributed by atoms with Gasteiger partial charge in [-0.2, -0.15) is 0 Å². The van der Waals surface area contributed by atoms with Crippen LogP contribution in [-0.2, 0) is 10.5 Å². The molecule has 1 aliphatic rings. The number of thioether (sulfide) groups is 2. The average Bonchev–Trinajstić information content (AvgIpc) is 3.78. The molecule has 1 aliphatic heterocycles. The van der Waals surface area contributed by atoms with Gasteiger partial charge in [0.05, 0.1) is 39.6 Å². The summed E-state index contributed by atoms with van der Waals surface area (Å²) in [6.07, 6.45) is 4.17. The number of aliphatic hydroxyl groups excluding tert-OH is 1. The number of aromatic nitrogens is 2. The van der Waals surface area contributed by atoms with Crippen LogP contribution in [-0.4, -0.2) is 63.7 Å². The maximum atomic E-state index is 13.6. The van der Waals surface area contributed by atoms with Gasteiger partial charge in [-0.15, -0.1) is 23.5 Å². The Kier molecular flexibility index (Phi) is 13.6. The minimum atomic E-state index is -0.800. The van der Waals surface area contributed by atoms with Gasteiger partial charge in [0.25, 0.3) is 11.8 Å². The highest BCUT2D eigenvalue weighted by Gasteiger charge is 2.36. The number of rotatable bonds is 17. The number of anilines is 3. The summed E-state index contributed by atoms with van der Waals surface area (Å²) in [6.45, 7) is 3.07. The summed E-state index contributed by atoms with van der Waals surface area (Å²) in [7, 11) is 1.60. The number of carbonyl (C=O) groups is 2. The molecule has 2 aromatic heterocycles. The SMILES string of the molecule is COc1cccc(Nc2c(C(N)=O)cnc3c(C)cc(Cc4cccc(C(=O)Nc5ccc(C6(CCCCNC[C@H](O)c7ccc(O)c8[nH]c(=O)ccc78)SCCS6)cc5)c4)cc23)c1. The number of hydrogen-bond acceptors (Lipinski definition) is 11. The summed E-state index contributed by atoms with van der Waals surface area (Å²) in [6, 6.07) is 33.6. The number of nitrogens with two attached hydrogens (primary N) is 1. The van der Waals surface area contributed by atoms with E-state index in [0.29, 0.717) is 46.4 Å². The quantitative estimate of drug-likeness (QED) is 0.0432. The Hall–Kier alpha value is -6.32.